The molecule has 0 bridgehead atoms. The predicted octanol–water partition coefficient (Wildman–Crippen LogP) is 1.92. The zero-order valence-electron chi connectivity index (χ0n) is 14.0. The van der Waals surface area contributed by atoms with Gasteiger partial charge in [-0.15, -0.1) is 0 Å². The SMILES string of the molecule is Cc1c(C(=O)NNC(=O)CCNC(=O)c2ccoc2)oc2ccccc12. The second-order valence-electron chi connectivity index (χ2n) is 5.57. The van der Waals surface area contributed by atoms with Gasteiger partial charge < -0.3 is 14.2 Å². The average molecular weight is 355 g/mol. The van der Waals surface area contributed by atoms with Crippen LogP contribution in [0.15, 0.2) is 51.7 Å². The molecule has 0 aliphatic heterocycles. The van der Waals surface area contributed by atoms with Crippen LogP contribution < -0.4 is 16.2 Å². The number of aryl methyl sites for hydroxylation is 1. The predicted molar refractivity (Wildman–Crippen MR) is 92.2 cm³/mol. The summed E-state index contributed by atoms with van der Waals surface area (Å²) in [5.41, 5.74) is 6.27. The minimum Gasteiger partial charge on any atom is -0.472 e. The van der Waals surface area contributed by atoms with Crippen molar-refractivity contribution in [2.24, 2.45) is 0 Å². The first-order valence-corrected chi connectivity index (χ1v) is 7.94. The van der Waals surface area contributed by atoms with E-state index in [4.69, 9.17) is 8.83 Å². The largest absolute Gasteiger partial charge is 0.472 e. The normalized spacial score (nSPS) is 10.5. The number of rotatable bonds is 5. The van der Waals surface area contributed by atoms with Gasteiger partial charge in [-0.05, 0) is 19.1 Å². The van der Waals surface area contributed by atoms with Gasteiger partial charge in [0.15, 0.2) is 5.76 Å². The molecule has 1 aromatic carbocycles. The molecule has 0 saturated heterocycles. The Hall–Kier alpha value is -3.55. The van der Waals surface area contributed by atoms with Crippen LogP contribution in [0, 0.1) is 6.92 Å². The summed E-state index contributed by atoms with van der Waals surface area (Å²) in [4.78, 5) is 35.6. The number of benzene rings is 1. The van der Waals surface area contributed by atoms with Crippen molar-refractivity contribution < 1.29 is 23.2 Å². The number of amides is 3. The Morgan fingerprint density at radius 1 is 1.04 bits per heavy atom. The summed E-state index contributed by atoms with van der Waals surface area (Å²) in [6.07, 6.45) is 2.70. The Bertz CT molecular complexity index is 943. The van der Waals surface area contributed by atoms with Crippen molar-refractivity contribution >= 4 is 28.7 Å². The average Bonchev–Trinajstić information content (AvgIpc) is 3.28. The molecule has 8 heteroatoms. The summed E-state index contributed by atoms with van der Waals surface area (Å²) in [5.74, 6) is -1.19. The van der Waals surface area contributed by atoms with Gasteiger partial charge in [0.2, 0.25) is 5.91 Å². The van der Waals surface area contributed by atoms with Crippen molar-refractivity contribution in [3.8, 4) is 0 Å². The van der Waals surface area contributed by atoms with Gasteiger partial charge in [0.25, 0.3) is 5.91 Å². The van der Waals surface area contributed by atoms with Crippen molar-refractivity contribution in [2.75, 3.05) is 6.54 Å². The number of fused-ring (bicyclic) bond motifs is 1. The van der Waals surface area contributed by atoms with E-state index >= 15 is 0 Å². The van der Waals surface area contributed by atoms with Gasteiger partial charge in [0.1, 0.15) is 11.8 Å². The number of nitrogens with one attached hydrogen (secondary N) is 3. The van der Waals surface area contributed by atoms with Gasteiger partial charge in [-0.3, -0.25) is 25.2 Å². The number of hydrogen-bond donors (Lipinski definition) is 3. The van der Waals surface area contributed by atoms with Crippen molar-refractivity contribution in [3.63, 3.8) is 0 Å². The maximum Gasteiger partial charge on any atom is 0.305 e. The molecular weight excluding hydrogens is 338 g/mol. The molecule has 2 aromatic heterocycles. The third kappa shape index (κ3) is 3.75. The van der Waals surface area contributed by atoms with E-state index in [0.29, 0.717) is 16.7 Å². The summed E-state index contributed by atoms with van der Waals surface area (Å²) in [6, 6.07) is 8.80. The highest BCUT2D eigenvalue weighted by molar-refractivity contribution is 5.99. The highest BCUT2D eigenvalue weighted by Crippen LogP contribution is 2.24. The summed E-state index contributed by atoms with van der Waals surface area (Å²) >= 11 is 0. The van der Waals surface area contributed by atoms with E-state index < -0.39 is 11.8 Å². The van der Waals surface area contributed by atoms with Crippen LogP contribution in [0.2, 0.25) is 0 Å². The molecule has 134 valence electrons. The molecule has 0 radical (unpaired) electrons. The number of hydrazine groups is 1. The molecule has 3 N–H and O–H groups in total. The lowest BCUT2D eigenvalue weighted by atomic mass is 10.1. The smallest absolute Gasteiger partial charge is 0.305 e. The van der Waals surface area contributed by atoms with Crippen molar-refractivity contribution in [3.05, 3.63) is 59.7 Å². The first-order valence-electron chi connectivity index (χ1n) is 7.94. The number of carbonyl (C=O) groups is 3. The minimum absolute atomic E-state index is 0.00296. The number of para-hydroxylation sites is 1. The van der Waals surface area contributed by atoms with E-state index in [1.165, 1.54) is 18.6 Å². The fourth-order valence-corrected chi connectivity index (χ4v) is 2.42. The van der Waals surface area contributed by atoms with Gasteiger partial charge >= 0.3 is 5.91 Å². The van der Waals surface area contributed by atoms with Crippen molar-refractivity contribution in [1.29, 1.82) is 0 Å². The Morgan fingerprint density at radius 2 is 1.85 bits per heavy atom. The second-order valence-corrected chi connectivity index (χ2v) is 5.57. The quantitative estimate of drug-likeness (QED) is 0.605. The molecule has 3 aromatic rings. The van der Waals surface area contributed by atoms with E-state index in [1.807, 2.05) is 18.2 Å². The van der Waals surface area contributed by atoms with E-state index in [2.05, 4.69) is 16.2 Å². The van der Waals surface area contributed by atoms with Gasteiger partial charge in [-0.2, -0.15) is 0 Å². The molecule has 26 heavy (non-hydrogen) atoms. The zero-order chi connectivity index (χ0) is 18.5. The molecule has 0 saturated carbocycles. The molecule has 0 atom stereocenters. The molecule has 0 aliphatic rings. The van der Waals surface area contributed by atoms with E-state index in [1.54, 1.807) is 13.0 Å². The molecule has 2 heterocycles. The maximum absolute atomic E-state index is 12.2. The Kier molecular flexibility index (Phi) is 5.02. The maximum atomic E-state index is 12.2. The lowest BCUT2D eigenvalue weighted by Gasteiger charge is -2.07. The van der Waals surface area contributed by atoms with Crippen LogP contribution >= 0.6 is 0 Å². The Balaban J connectivity index is 1.47. The van der Waals surface area contributed by atoms with Crippen molar-refractivity contribution in [1.82, 2.24) is 16.2 Å². The molecule has 0 fully saturated rings. The van der Waals surface area contributed by atoms with Gasteiger partial charge in [-0.25, -0.2) is 0 Å². The van der Waals surface area contributed by atoms with Crippen LogP contribution in [-0.4, -0.2) is 24.3 Å². The lowest BCUT2D eigenvalue weighted by Crippen LogP contribution is -2.42. The molecule has 3 amide bonds. The minimum atomic E-state index is -0.547. The molecule has 3 rings (SSSR count). The van der Waals surface area contributed by atoms with E-state index in [-0.39, 0.29) is 24.6 Å². The monoisotopic (exact) mass is 355 g/mol. The molecule has 0 spiro atoms. The van der Waals surface area contributed by atoms with Crippen LogP contribution in [-0.2, 0) is 4.79 Å². The molecule has 0 aliphatic carbocycles. The van der Waals surface area contributed by atoms with Crippen LogP contribution in [0.25, 0.3) is 11.0 Å². The summed E-state index contributed by atoms with van der Waals surface area (Å²) in [5, 5.41) is 3.41. The van der Waals surface area contributed by atoms with Gasteiger partial charge in [-0.1, -0.05) is 18.2 Å². The third-order valence-corrected chi connectivity index (χ3v) is 3.79. The van der Waals surface area contributed by atoms with Crippen LogP contribution in [0.5, 0.6) is 0 Å². The van der Waals surface area contributed by atoms with Crippen molar-refractivity contribution in [2.45, 2.75) is 13.3 Å². The summed E-state index contributed by atoms with van der Waals surface area (Å²) in [7, 11) is 0. The standard InChI is InChI=1S/C18H17N3O5/c1-11-13-4-2-3-5-14(13)26-16(11)18(24)21-20-15(22)6-8-19-17(23)12-7-9-25-10-12/h2-5,7,9-10H,6,8H2,1H3,(H,19,23)(H,20,22)(H,21,24). The van der Waals surface area contributed by atoms with Gasteiger partial charge in [0.05, 0.1) is 11.8 Å². The number of carbonyl (C=O) groups excluding carboxylic acids is 3. The molecule has 0 unspecified atom stereocenters. The number of furan rings is 2. The highest BCUT2D eigenvalue weighted by atomic mass is 16.3. The van der Waals surface area contributed by atoms with Crippen LogP contribution in [0.4, 0.5) is 0 Å². The van der Waals surface area contributed by atoms with Crippen LogP contribution in [0.1, 0.15) is 32.9 Å². The second kappa shape index (κ2) is 7.56. The highest BCUT2D eigenvalue weighted by Gasteiger charge is 2.17. The molecular formula is C18H17N3O5. The summed E-state index contributed by atoms with van der Waals surface area (Å²) < 4.78 is 10.3. The third-order valence-electron chi connectivity index (χ3n) is 3.79. The fourth-order valence-electron chi connectivity index (χ4n) is 2.42. The van der Waals surface area contributed by atoms with E-state index in [0.717, 1.165) is 5.39 Å². The Labute approximate surface area is 148 Å². The number of hydrogen-bond acceptors (Lipinski definition) is 5. The lowest BCUT2D eigenvalue weighted by molar-refractivity contribution is -0.121. The Morgan fingerprint density at radius 3 is 2.58 bits per heavy atom. The van der Waals surface area contributed by atoms with Crippen LogP contribution in [0.3, 0.4) is 0 Å². The summed E-state index contributed by atoms with van der Waals surface area (Å²) in [6.45, 7) is 1.89. The zero-order valence-corrected chi connectivity index (χ0v) is 14.0. The topological polar surface area (TPSA) is 114 Å². The van der Waals surface area contributed by atoms with Gasteiger partial charge in [0, 0.05) is 23.9 Å². The first kappa shape index (κ1) is 17.3. The molecule has 8 nitrogen and oxygen atoms in total. The first-order chi connectivity index (χ1) is 12.6. The van der Waals surface area contributed by atoms with E-state index in [9.17, 15) is 14.4 Å². The fraction of sp³-hybridized carbons (Fsp3) is 0.167.